The number of amides is 1. The second-order valence-electron chi connectivity index (χ2n) is 6.30. The maximum absolute atomic E-state index is 14.4. The van der Waals surface area contributed by atoms with Crippen LogP contribution in [0.2, 0.25) is 0 Å². The van der Waals surface area contributed by atoms with Gasteiger partial charge in [-0.05, 0) is 39.0 Å². The Morgan fingerprint density at radius 1 is 1.24 bits per heavy atom. The van der Waals surface area contributed by atoms with Crippen LogP contribution in [-0.2, 0) is 9.53 Å². The van der Waals surface area contributed by atoms with Gasteiger partial charge < -0.3 is 19.9 Å². The highest BCUT2D eigenvalue weighted by Crippen LogP contribution is 2.28. The molecule has 8 heteroatoms. The van der Waals surface area contributed by atoms with Crippen molar-refractivity contribution in [1.82, 2.24) is 10.3 Å². The number of carbonyl (C=O) groups excluding carboxylic acids is 1. The number of ether oxygens (including phenoxy) is 2. The van der Waals surface area contributed by atoms with E-state index in [1.165, 1.54) is 13.2 Å². The van der Waals surface area contributed by atoms with E-state index in [1.807, 2.05) is 0 Å². The molecule has 1 unspecified atom stereocenters. The van der Waals surface area contributed by atoms with E-state index in [2.05, 4.69) is 10.3 Å². The van der Waals surface area contributed by atoms with Crippen LogP contribution in [0, 0.1) is 5.82 Å². The molecule has 0 radical (unpaired) electrons. The molecule has 0 saturated heterocycles. The number of carboxylic acid groups (broad SMARTS) is 1. The molecule has 0 aliphatic carbocycles. The van der Waals surface area contributed by atoms with Gasteiger partial charge in [-0.25, -0.2) is 19.0 Å². The third-order valence-corrected chi connectivity index (χ3v) is 3.23. The zero-order chi connectivity index (χ0) is 18.8. The molecule has 2 aromatic rings. The van der Waals surface area contributed by atoms with E-state index in [0.29, 0.717) is 5.39 Å². The number of methoxy groups -OCH3 is 1. The number of alkyl carbamates (subject to hydrolysis) is 1. The first-order valence-electron chi connectivity index (χ1n) is 7.48. The van der Waals surface area contributed by atoms with Crippen LogP contribution >= 0.6 is 0 Å². The Hall–Kier alpha value is -2.90. The maximum atomic E-state index is 14.4. The number of pyridine rings is 1. The molecule has 1 amide bonds. The highest BCUT2D eigenvalue weighted by molar-refractivity contribution is 5.90. The number of benzene rings is 1. The predicted octanol–water partition coefficient (Wildman–Crippen LogP) is 3.03. The highest BCUT2D eigenvalue weighted by atomic mass is 19.1. The molecule has 0 fully saturated rings. The maximum Gasteiger partial charge on any atom is 0.408 e. The molecule has 1 heterocycles. The van der Waals surface area contributed by atoms with Gasteiger partial charge in [-0.1, -0.05) is 0 Å². The smallest absolute Gasteiger partial charge is 0.408 e. The summed E-state index contributed by atoms with van der Waals surface area (Å²) in [6, 6.07) is 4.11. The average Bonchev–Trinajstić information content (AvgIpc) is 2.50. The summed E-state index contributed by atoms with van der Waals surface area (Å²) in [6.45, 7) is 4.90. The summed E-state index contributed by atoms with van der Waals surface area (Å²) in [5.74, 6) is -2.06. The molecule has 0 aliphatic rings. The summed E-state index contributed by atoms with van der Waals surface area (Å²) in [5, 5.41) is 12.2. The van der Waals surface area contributed by atoms with E-state index in [1.54, 1.807) is 32.9 Å². The van der Waals surface area contributed by atoms with E-state index >= 15 is 0 Å². The van der Waals surface area contributed by atoms with Crippen LogP contribution in [0.1, 0.15) is 32.4 Å². The largest absolute Gasteiger partial charge is 0.481 e. The lowest BCUT2D eigenvalue weighted by atomic mass is 10.0. The molecular weight excluding hydrogens is 331 g/mol. The molecule has 134 valence electrons. The average molecular weight is 350 g/mol. The minimum absolute atomic E-state index is 0.0859. The Labute approximate surface area is 143 Å². The van der Waals surface area contributed by atoms with Crippen molar-refractivity contribution in [2.75, 3.05) is 7.11 Å². The number of aromatic nitrogens is 1. The summed E-state index contributed by atoms with van der Waals surface area (Å²) in [4.78, 5) is 27.7. The molecular formula is C17H19FN2O5. The third-order valence-electron chi connectivity index (χ3n) is 3.23. The standard InChI is InChI=1S/C17H19FN2O5/c1-17(2,3)25-16(23)20-14(15(21)22)12-10(18)7-5-9-6-8-11(24-4)19-13(9)12/h5-8,14H,1-4H3,(H,20,23)(H,21,22). The van der Waals surface area contributed by atoms with E-state index < -0.39 is 29.5 Å². The van der Waals surface area contributed by atoms with Crippen molar-refractivity contribution in [3.8, 4) is 5.88 Å². The lowest BCUT2D eigenvalue weighted by Gasteiger charge is -2.22. The van der Waals surface area contributed by atoms with Crippen molar-refractivity contribution in [3.63, 3.8) is 0 Å². The van der Waals surface area contributed by atoms with Crippen LogP contribution in [-0.4, -0.2) is 34.9 Å². The number of halogens is 1. The van der Waals surface area contributed by atoms with Crippen molar-refractivity contribution in [3.05, 3.63) is 35.6 Å². The number of carboxylic acids is 1. The zero-order valence-electron chi connectivity index (χ0n) is 14.3. The molecule has 1 aromatic heterocycles. The summed E-state index contributed by atoms with van der Waals surface area (Å²) in [6.07, 6.45) is -0.973. The van der Waals surface area contributed by atoms with Gasteiger partial charge in [-0.3, -0.25) is 0 Å². The molecule has 1 aromatic carbocycles. The minimum atomic E-state index is -1.67. The lowest BCUT2D eigenvalue weighted by Crippen LogP contribution is -2.38. The van der Waals surface area contributed by atoms with Crippen molar-refractivity contribution < 1.29 is 28.6 Å². The Morgan fingerprint density at radius 2 is 1.88 bits per heavy atom. The molecule has 2 N–H and O–H groups in total. The topological polar surface area (TPSA) is 97.8 Å². The molecule has 0 saturated carbocycles. The second kappa shape index (κ2) is 6.92. The molecule has 25 heavy (non-hydrogen) atoms. The monoisotopic (exact) mass is 350 g/mol. The lowest BCUT2D eigenvalue weighted by molar-refractivity contribution is -0.139. The number of hydrogen-bond donors (Lipinski definition) is 2. The molecule has 0 aliphatic heterocycles. The minimum Gasteiger partial charge on any atom is -0.481 e. The predicted molar refractivity (Wildman–Crippen MR) is 88.0 cm³/mol. The van der Waals surface area contributed by atoms with Crippen molar-refractivity contribution in [2.24, 2.45) is 0 Å². The van der Waals surface area contributed by atoms with Gasteiger partial charge in [0, 0.05) is 17.0 Å². The highest BCUT2D eigenvalue weighted by Gasteiger charge is 2.30. The van der Waals surface area contributed by atoms with Gasteiger partial charge in [0.05, 0.1) is 12.6 Å². The van der Waals surface area contributed by atoms with Crippen LogP contribution in [0.4, 0.5) is 9.18 Å². The van der Waals surface area contributed by atoms with E-state index in [0.717, 1.165) is 6.07 Å². The SMILES string of the molecule is COc1ccc2ccc(F)c(C(NC(=O)OC(C)(C)C)C(=O)O)c2n1. The Kier molecular flexibility index (Phi) is 5.10. The molecule has 0 bridgehead atoms. The van der Waals surface area contributed by atoms with E-state index in [9.17, 15) is 19.1 Å². The molecule has 7 nitrogen and oxygen atoms in total. The number of rotatable bonds is 4. The van der Waals surface area contributed by atoms with Crippen LogP contribution in [0.3, 0.4) is 0 Å². The fourth-order valence-electron chi connectivity index (χ4n) is 2.24. The van der Waals surface area contributed by atoms with Crippen molar-refractivity contribution in [1.29, 1.82) is 0 Å². The van der Waals surface area contributed by atoms with Gasteiger partial charge in [0.25, 0.3) is 0 Å². The van der Waals surface area contributed by atoms with Gasteiger partial charge in [0.15, 0.2) is 6.04 Å². The first kappa shape index (κ1) is 18.4. The number of aliphatic carboxylic acids is 1. The van der Waals surface area contributed by atoms with Crippen LogP contribution < -0.4 is 10.1 Å². The van der Waals surface area contributed by atoms with Gasteiger partial charge in [-0.2, -0.15) is 0 Å². The fraction of sp³-hybridized carbons (Fsp3) is 0.353. The number of carbonyl (C=O) groups is 2. The Balaban J connectivity index is 2.52. The molecule has 2 rings (SSSR count). The summed E-state index contributed by atoms with van der Waals surface area (Å²) in [7, 11) is 1.39. The number of nitrogens with one attached hydrogen (secondary N) is 1. The van der Waals surface area contributed by atoms with Crippen LogP contribution in [0.5, 0.6) is 5.88 Å². The summed E-state index contributed by atoms with van der Waals surface area (Å²) in [5.41, 5.74) is -1.01. The first-order valence-corrected chi connectivity index (χ1v) is 7.48. The van der Waals surface area contributed by atoms with Gasteiger partial charge in [0.2, 0.25) is 5.88 Å². The van der Waals surface area contributed by atoms with E-state index in [-0.39, 0.29) is 17.0 Å². The Bertz CT molecular complexity index is 817. The summed E-state index contributed by atoms with van der Waals surface area (Å²) >= 11 is 0. The zero-order valence-corrected chi connectivity index (χ0v) is 14.3. The summed E-state index contributed by atoms with van der Waals surface area (Å²) < 4.78 is 24.5. The first-order chi connectivity index (χ1) is 11.6. The second-order valence-corrected chi connectivity index (χ2v) is 6.30. The number of hydrogen-bond acceptors (Lipinski definition) is 5. The van der Waals surface area contributed by atoms with Crippen LogP contribution in [0.15, 0.2) is 24.3 Å². The number of nitrogens with zero attached hydrogens (tertiary/aromatic N) is 1. The van der Waals surface area contributed by atoms with Crippen molar-refractivity contribution in [2.45, 2.75) is 32.4 Å². The van der Waals surface area contributed by atoms with E-state index in [4.69, 9.17) is 9.47 Å². The van der Waals surface area contributed by atoms with Gasteiger partial charge in [0.1, 0.15) is 11.4 Å². The fourth-order valence-corrected chi connectivity index (χ4v) is 2.24. The van der Waals surface area contributed by atoms with Gasteiger partial charge >= 0.3 is 12.1 Å². The van der Waals surface area contributed by atoms with Crippen LogP contribution in [0.25, 0.3) is 10.9 Å². The third kappa shape index (κ3) is 4.34. The molecule has 1 atom stereocenters. The van der Waals surface area contributed by atoms with Gasteiger partial charge in [-0.15, -0.1) is 0 Å². The quantitative estimate of drug-likeness (QED) is 0.879. The molecule has 0 spiro atoms. The Morgan fingerprint density at radius 3 is 2.44 bits per heavy atom. The normalized spacial score (nSPS) is 12.5. The van der Waals surface area contributed by atoms with Crippen molar-refractivity contribution >= 4 is 23.0 Å². The number of fused-ring (bicyclic) bond motifs is 1.